The molecule has 3 rings (SSSR count). The molecule has 0 N–H and O–H groups in total. The van der Waals surface area contributed by atoms with Gasteiger partial charge in [0.15, 0.2) is 5.13 Å². The molecule has 1 amide bonds. The van der Waals surface area contributed by atoms with Gasteiger partial charge >= 0.3 is 0 Å². The van der Waals surface area contributed by atoms with Crippen molar-refractivity contribution in [2.75, 3.05) is 38.2 Å². The Morgan fingerprint density at radius 2 is 1.97 bits per heavy atom. The molecule has 0 saturated carbocycles. The summed E-state index contributed by atoms with van der Waals surface area (Å²) in [5.74, 6) is 0.517. The maximum Gasteiger partial charge on any atom is 0.278 e. The van der Waals surface area contributed by atoms with E-state index >= 15 is 0 Å². The van der Waals surface area contributed by atoms with Gasteiger partial charge in [-0.3, -0.25) is 14.4 Å². The van der Waals surface area contributed by atoms with Gasteiger partial charge in [0, 0.05) is 20.1 Å². The number of halogens is 2. The molecule has 0 aliphatic carbocycles. The zero-order valence-corrected chi connectivity index (χ0v) is 20.2. The van der Waals surface area contributed by atoms with Crippen LogP contribution in [0.5, 0.6) is 5.75 Å². The summed E-state index contributed by atoms with van der Waals surface area (Å²) in [5.41, 5.74) is 2.06. The Morgan fingerprint density at radius 3 is 2.53 bits per heavy atom. The van der Waals surface area contributed by atoms with Crippen molar-refractivity contribution in [2.24, 2.45) is 7.05 Å². The number of thiazole rings is 1. The molecule has 0 fully saturated rings. The Labute approximate surface area is 192 Å². The second-order valence-corrected chi connectivity index (χ2v) is 8.09. The minimum absolute atomic E-state index is 0. The standard InChI is InChI=1S/C20H26ClN5O2S.ClH/c1-6-25(7-2)10-11-26(19(27)17-13(3)12-22-24(17)4)20-23-16-15(28-5)9-8-14(21)18(16)29-20;/h8-9,12H,6-7,10-11H2,1-5H3;1H. The van der Waals surface area contributed by atoms with Gasteiger partial charge in [0.2, 0.25) is 0 Å². The van der Waals surface area contributed by atoms with Crippen LogP contribution in [0.25, 0.3) is 10.2 Å². The van der Waals surface area contributed by atoms with Gasteiger partial charge in [0.1, 0.15) is 17.0 Å². The van der Waals surface area contributed by atoms with E-state index in [1.54, 1.807) is 42.1 Å². The average molecular weight is 472 g/mol. The molecular formula is C20H27Cl2N5O2S. The average Bonchev–Trinajstić information content (AvgIpc) is 3.29. The van der Waals surface area contributed by atoms with Crippen LogP contribution >= 0.6 is 35.3 Å². The summed E-state index contributed by atoms with van der Waals surface area (Å²) >= 11 is 7.79. The SMILES string of the molecule is CCN(CC)CCN(C(=O)c1c(C)cnn1C)c1nc2c(OC)ccc(Cl)c2s1.Cl. The van der Waals surface area contributed by atoms with Crippen LogP contribution in [-0.4, -0.2) is 58.9 Å². The molecule has 0 radical (unpaired) electrons. The van der Waals surface area contributed by atoms with Gasteiger partial charge < -0.3 is 9.64 Å². The molecule has 30 heavy (non-hydrogen) atoms. The molecule has 164 valence electrons. The predicted octanol–water partition coefficient (Wildman–Crippen LogP) is 4.41. The van der Waals surface area contributed by atoms with E-state index in [-0.39, 0.29) is 18.3 Å². The third kappa shape index (κ3) is 4.72. The van der Waals surface area contributed by atoms with Gasteiger partial charge in [-0.25, -0.2) is 4.98 Å². The van der Waals surface area contributed by atoms with Gasteiger partial charge in [0.25, 0.3) is 5.91 Å². The van der Waals surface area contributed by atoms with Crippen molar-refractivity contribution in [3.05, 3.63) is 34.6 Å². The highest BCUT2D eigenvalue weighted by molar-refractivity contribution is 7.23. The minimum atomic E-state index is -0.121. The van der Waals surface area contributed by atoms with E-state index in [4.69, 9.17) is 21.3 Å². The van der Waals surface area contributed by atoms with E-state index in [0.29, 0.717) is 33.7 Å². The van der Waals surface area contributed by atoms with Crippen molar-refractivity contribution in [1.82, 2.24) is 19.7 Å². The monoisotopic (exact) mass is 471 g/mol. The zero-order valence-electron chi connectivity index (χ0n) is 17.8. The first-order chi connectivity index (χ1) is 13.9. The number of anilines is 1. The minimum Gasteiger partial charge on any atom is -0.494 e. The number of amides is 1. The van der Waals surface area contributed by atoms with Crippen LogP contribution in [0.4, 0.5) is 5.13 Å². The highest BCUT2D eigenvalue weighted by Crippen LogP contribution is 2.39. The fourth-order valence-corrected chi connectivity index (χ4v) is 4.55. The molecule has 2 heterocycles. The van der Waals surface area contributed by atoms with E-state index in [2.05, 4.69) is 23.8 Å². The number of nitrogens with zero attached hydrogens (tertiary/aromatic N) is 5. The summed E-state index contributed by atoms with van der Waals surface area (Å²) in [6.45, 7) is 9.22. The van der Waals surface area contributed by atoms with E-state index in [0.717, 1.165) is 29.9 Å². The van der Waals surface area contributed by atoms with Gasteiger partial charge in [-0.15, -0.1) is 12.4 Å². The number of likely N-dealkylation sites (N-methyl/N-ethyl adjacent to an activating group) is 1. The second-order valence-electron chi connectivity index (χ2n) is 6.71. The van der Waals surface area contributed by atoms with Crippen LogP contribution in [0, 0.1) is 6.92 Å². The first-order valence-corrected chi connectivity index (χ1v) is 10.8. The molecule has 2 aromatic heterocycles. The normalized spacial score (nSPS) is 11.0. The predicted molar refractivity (Wildman–Crippen MR) is 126 cm³/mol. The molecule has 0 unspecified atom stereocenters. The number of ether oxygens (including phenoxy) is 1. The highest BCUT2D eigenvalue weighted by atomic mass is 35.5. The summed E-state index contributed by atoms with van der Waals surface area (Å²) < 4.78 is 7.86. The Hall–Kier alpha value is -1.87. The van der Waals surface area contributed by atoms with Crippen molar-refractivity contribution in [2.45, 2.75) is 20.8 Å². The number of benzene rings is 1. The third-order valence-electron chi connectivity index (χ3n) is 5.00. The summed E-state index contributed by atoms with van der Waals surface area (Å²) in [7, 11) is 3.38. The molecule has 3 aromatic rings. The second kappa shape index (κ2) is 10.4. The summed E-state index contributed by atoms with van der Waals surface area (Å²) in [5, 5.41) is 5.42. The first-order valence-electron chi connectivity index (χ1n) is 9.57. The van der Waals surface area contributed by atoms with Crippen LogP contribution in [0.1, 0.15) is 29.9 Å². The first kappa shape index (κ1) is 24.4. The molecule has 0 spiro atoms. The van der Waals surface area contributed by atoms with Gasteiger partial charge in [-0.2, -0.15) is 5.10 Å². The molecule has 0 aliphatic heterocycles. The number of aryl methyl sites for hydroxylation is 2. The molecule has 1 aromatic carbocycles. The number of rotatable bonds is 8. The Balaban J connectivity index is 0.00000320. The van der Waals surface area contributed by atoms with Crippen molar-refractivity contribution < 1.29 is 9.53 Å². The van der Waals surface area contributed by atoms with E-state index < -0.39 is 0 Å². The number of hydrogen-bond acceptors (Lipinski definition) is 6. The molecule has 0 atom stereocenters. The molecule has 0 aliphatic rings. The van der Waals surface area contributed by atoms with Crippen molar-refractivity contribution >= 4 is 56.6 Å². The number of aromatic nitrogens is 3. The zero-order chi connectivity index (χ0) is 21.1. The number of methoxy groups -OCH3 is 1. The topological polar surface area (TPSA) is 63.5 Å². The van der Waals surface area contributed by atoms with Crippen LogP contribution < -0.4 is 9.64 Å². The summed E-state index contributed by atoms with van der Waals surface area (Å²) in [4.78, 5) is 22.2. The molecular weight excluding hydrogens is 445 g/mol. The lowest BCUT2D eigenvalue weighted by molar-refractivity contribution is 0.0974. The van der Waals surface area contributed by atoms with E-state index in [9.17, 15) is 4.79 Å². The van der Waals surface area contributed by atoms with Crippen LogP contribution in [-0.2, 0) is 7.05 Å². The van der Waals surface area contributed by atoms with E-state index in [1.165, 1.54) is 11.3 Å². The lowest BCUT2D eigenvalue weighted by Crippen LogP contribution is -2.39. The van der Waals surface area contributed by atoms with Crippen LogP contribution in [0.3, 0.4) is 0 Å². The molecule has 10 heteroatoms. The van der Waals surface area contributed by atoms with Gasteiger partial charge in [0.05, 0.1) is 23.0 Å². The fourth-order valence-electron chi connectivity index (χ4n) is 3.27. The van der Waals surface area contributed by atoms with Crippen molar-refractivity contribution in [3.8, 4) is 5.75 Å². The highest BCUT2D eigenvalue weighted by Gasteiger charge is 2.26. The quantitative estimate of drug-likeness (QED) is 0.486. The number of hydrogen-bond donors (Lipinski definition) is 0. The molecule has 0 saturated heterocycles. The molecule has 0 bridgehead atoms. The smallest absolute Gasteiger partial charge is 0.278 e. The van der Waals surface area contributed by atoms with Gasteiger partial charge in [-0.05, 0) is 37.7 Å². The van der Waals surface area contributed by atoms with Crippen LogP contribution in [0.15, 0.2) is 18.3 Å². The van der Waals surface area contributed by atoms with Crippen LogP contribution in [0.2, 0.25) is 5.02 Å². The maximum atomic E-state index is 13.5. The number of fused-ring (bicyclic) bond motifs is 1. The fraction of sp³-hybridized carbons (Fsp3) is 0.450. The largest absolute Gasteiger partial charge is 0.494 e. The number of carbonyl (C=O) groups excluding carboxylic acids is 1. The van der Waals surface area contributed by atoms with Crippen molar-refractivity contribution in [3.63, 3.8) is 0 Å². The van der Waals surface area contributed by atoms with Gasteiger partial charge in [-0.1, -0.05) is 36.8 Å². The lowest BCUT2D eigenvalue weighted by atomic mass is 10.2. The third-order valence-corrected chi connectivity index (χ3v) is 6.54. The van der Waals surface area contributed by atoms with Crippen molar-refractivity contribution in [1.29, 1.82) is 0 Å². The molecule has 7 nitrogen and oxygen atoms in total. The summed E-state index contributed by atoms with van der Waals surface area (Å²) in [6.07, 6.45) is 1.70. The number of carbonyl (C=O) groups is 1. The maximum absolute atomic E-state index is 13.5. The summed E-state index contributed by atoms with van der Waals surface area (Å²) in [6, 6.07) is 3.58. The Kier molecular flexibility index (Phi) is 8.49. The van der Waals surface area contributed by atoms with E-state index in [1.807, 2.05) is 6.92 Å². The lowest BCUT2D eigenvalue weighted by Gasteiger charge is -2.25. The Bertz CT molecular complexity index is 997. The Morgan fingerprint density at radius 1 is 1.27 bits per heavy atom.